The highest BCUT2D eigenvalue weighted by atomic mass is 79.9. The number of hydrogen-bond acceptors (Lipinski definition) is 1. The molecule has 0 radical (unpaired) electrons. The first kappa shape index (κ1) is 12.8. The molecule has 13 heavy (non-hydrogen) atoms. The maximum atomic E-state index is 3.40. The number of nitrogens with one attached hydrogen (secondary N) is 1. The molecule has 1 N–H and O–H groups in total. The lowest BCUT2D eigenvalue weighted by Crippen LogP contribution is -2.25. The molecule has 0 atom stereocenters. The van der Waals surface area contributed by atoms with Gasteiger partial charge in [-0.15, -0.1) is 12.4 Å². The van der Waals surface area contributed by atoms with Crippen molar-refractivity contribution in [3.63, 3.8) is 0 Å². The third-order valence-corrected chi connectivity index (χ3v) is 1.89. The molecule has 0 spiro atoms. The summed E-state index contributed by atoms with van der Waals surface area (Å²) in [6, 6.07) is 8.20. The Morgan fingerprint density at radius 3 is 1.92 bits per heavy atom. The minimum atomic E-state index is 0. The quantitative estimate of drug-likeness (QED) is 0.806. The first-order chi connectivity index (χ1) is 5.47. The van der Waals surface area contributed by atoms with Gasteiger partial charge in [0.05, 0.1) is 0 Å². The van der Waals surface area contributed by atoms with Crippen LogP contribution in [0.1, 0.15) is 20.8 Å². The van der Waals surface area contributed by atoms with Crippen LogP contribution in [-0.4, -0.2) is 5.54 Å². The minimum absolute atomic E-state index is 0. The predicted octanol–water partition coefficient (Wildman–Crippen LogP) is 4.08. The van der Waals surface area contributed by atoms with Crippen LogP contribution in [-0.2, 0) is 0 Å². The van der Waals surface area contributed by atoms with Crippen molar-refractivity contribution in [2.45, 2.75) is 26.3 Å². The van der Waals surface area contributed by atoms with Crippen LogP contribution >= 0.6 is 28.3 Å². The van der Waals surface area contributed by atoms with Crippen LogP contribution in [0.2, 0.25) is 0 Å². The molecule has 3 heteroatoms. The zero-order chi connectivity index (χ0) is 9.19. The van der Waals surface area contributed by atoms with Gasteiger partial charge in [-0.3, -0.25) is 0 Å². The Bertz CT molecular complexity index is 251. The standard InChI is InChI=1S/C10H14BrN.ClH/c1-10(2,3)12-9-6-4-8(11)5-7-9;/h4-7,12H,1-3H3;1H. The van der Waals surface area contributed by atoms with Crippen LogP contribution < -0.4 is 5.32 Å². The molecule has 1 nitrogen and oxygen atoms in total. The summed E-state index contributed by atoms with van der Waals surface area (Å²) in [4.78, 5) is 0. The summed E-state index contributed by atoms with van der Waals surface area (Å²) in [6.07, 6.45) is 0. The summed E-state index contributed by atoms with van der Waals surface area (Å²) in [6.45, 7) is 6.44. The number of rotatable bonds is 1. The molecule has 0 amide bonds. The second kappa shape index (κ2) is 4.87. The lowest BCUT2D eigenvalue weighted by molar-refractivity contribution is 0.634. The van der Waals surface area contributed by atoms with E-state index in [2.05, 4.69) is 54.2 Å². The van der Waals surface area contributed by atoms with Crippen molar-refractivity contribution < 1.29 is 0 Å². The number of halogens is 2. The van der Waals surface area contributed by atoms with Gasteiger partial charge in [-0.25, -0.2) is 0 Å². The highest BCUT2D eigenvalue weighted by molar-refractivity contribution is 9.10. The van der Waals surface area contributed by atoms with E-state index < -0.39 is 0 Å². The molecule has 0 fully saturated rings. The zero-order valence-electron chi connectivity index (χ0n) is 8.10. The van der Waals surface area contributed by atoms with Gasteiger partial charge in [0.25, 0.3) is 0 Å². The van der Waals surface area contributed by atoms with Crippen molar-refractivity contribution in [1.82, 2.24) is 0 Å². The molecule has 1 rings (SSSR count). The fourth-order valence-corrected chi connectivity index (χ4v) is 1.23. The Balaban J connectivity index is 0.00000144. The Morgan fingerprint density at radius 1 is 1.08 bits per heavy atom. The van der Waals surface area contributed by atoms with E-state index in [0.717, 1.165) is 10.2 Å². The summed E-state index contributed by atoms with van der Waals surface area (Å²) in [5.41, 5.74) is 1.29. The van der Waals surface area contributed by atoms with Crippen LogP contribution in [0.3, 0.4) is 0 Å². The number of anilines is 1. The summed E-state index contributed by atoms with van der Waals surface area (Å²) in [7, 11) is 0. The molecule has 0 unspecified atom stereocenters. The molecule has 0 aliphatic heterocycles. The lowest BCUT2D eigenvalue weighted by Gasteiger charge is -2.21. The summed E-state index contributed by atoms with van der Waals surface area (Å²) in [5, 5.41) is 3.39. The van der Waals surface area contributed by atoms with E-state index in [1.54, 1.807) is 0 Å². The molecular formula is C10H15BrClN. The first-order valence-electron chi connectivity index (χ1n) is 4.01. The van der Waals surface area contributed by atoms with E-state index in [4.69, 9.17) is 0 Å². The maximum Gasteiger partial charge on any atom is 0.0344 e. The molecule has 0 aromatic heterocycles. The van der Waals surface area contributed by atoms with Gasteiger partial charge in [-0.2, -0.15) is 0 Å². The first-order valence-corrected chi connectivity index (χ1v) is 4.80. The maximum absolute atomic E-state index is 3.40. The van der Waals surface area contributed by atoms with E-state index >= 15 is 0 Å². The van der Waals surface area contributed by atoms with Crippen LogP contribution in [0.4, 0.5) is 5.69 Å². The van der Waals surface area contributed by atoms with Crippen LogP contribution in [0.15, 0.2) is 28.7 Å². The van der Waals surface area contributed by atoms with E-state index in [-0.39, 0.29) is 17.9 Å². The number of hydrogen-bond donors (Lipinski definition) is 1. The normalized spacial score (nSPS) is 10.5. The van der Waals surface area contributed by atoms with Crippen LogP contribution in [0.5, 0.6) is 0 Å². The third-order valence-electron chi connectivity index (χ3n) is 1.36. The van der Waals surface area contributed by atoms with E-state index in [9.17, 15) is 0 Å². The SMILES string of the molecule is CC(C)(C)Nc1ccc(Br)cc1.Cl. The van der Waals surface area contributed by atoms with Crippen molar-refractivity contribution in [2.75, 3.05) is 5.32 Å². The predicted molar refractivity (Wildman–Crippen MR) is 64.8 cm³/mol. The second-order valence-electron chi connectivity index (χ2n) is 3.88. The Morgan fingerprint density at radius 2 is 1.54 bits per heavy atom. The van der Waals surface area contributed by atoms with Crippen molar-refractivity contribution >= 4 is 34.0 Å². The van der Waals surface area contributed by atoms with Crippen molar-refractivity contribution in [3.8, 4) is 0 Å². The van der Waals surface area contributed by atoms with Crippen molar-refractivity contribution in [2.24, 2.45) is 0 Å². The molecular weight excluding hydrogens is 249 g/mol. The molecule has 0 saturated heterocycles. The molecule has 0 heterocycles. The molecule has 0 saturated carbocycles. The van der Waals surface area contributed by atoms with Gasteiger partial charge in [0.15, 0.2) is 0 Å². The van der Waals surface area contributed by atoms with Crippen molar-refractivity contribution in [3.05, 3.63) is 28.7 Å². The smallest absolute Gasteiger partial charge is 0.0344 e. The Labute approximate surface area is 94.5 Å². The fourth-order valence-electron chi connectivity index (χ4n) is 0.966. The van der Waals surface area contributed by atoms with E-state index in [1.807, 2.05) is 12.1 Å². The molecule has 74 valence electrons. The van der Waals surface area contributed by atoms with E-state index in [0.29, 0.717) is 0 Å². The highest BCUT2D eigenvalue weighted by Crippen LogP contribution is 2.17. The molecule has 0 aliphatic rings. The monoisotopic (exact) mass is 263 g/mol. The third kappa shape index (κ3) is 5.17. The molecule has 0 bridgehead atoms. The Hall–Kier alpha value is -0.210. The lowest BCUT2D eigenvalue weighted by atomic mass is 10.1. The van der Waals surface area contributed by atoms with E-state index in [1.165, 1.54) is 0 Å². The minimum Gasteiger partial charge on any atom is -0.380 e. The van der Waals surface area contributed by atoms with Crippen LogP contribution in [0, 0.1) is 0 Å². The van der Waals surface area contributed by atoms with Gasteiger partial charge in [-0.1, -0.05) is 15.9 Å². The fraction of sp³-hybridized carbons (Fsp3) is 0.400. The van der Waals surface area contributed by atoms with Gasteiger partial charge in [0.1, 0.15) is 0 Å². The summed E-state index contributed by atoms with van der Waals surface area (Å²) < 4.78 is 1.11. The molecule has 1 aromatic rings. The van der Waals surface area contributed by atoms with Gasteiger partial charge in [-0.05, 0) is 45.0 Å². The summed E-state index contributed by atoms with van der Waals surface area (Å²) in [5.74, 6) is 0. The van der Waals surface area contributed by atoms with Gasteiger partial charge in [0.2, 0.25) is 0 Å². The average Bonchev–Trinajstić information content (AvgIpc) is 1.91. The molecule has 1 aromatic carbocycles. The average molecular weight is 265 g/mol. The summed E-state index contributed by atoms with van der Waals surface area (Å²) >= 11 is 3.40. The van der Waals surface area contributed by atoms with Gasteiger partial charge >= 0.3 is 0 Å². The van der Waals surface area contributed by atoms with Crippen LogP contribution in [0.25, 0.3) is 0 Å². The largest absolute Gasteiger partial charge is 0.380 e. The Kier molecular flexibility index (Phi) is 4.79. The van der Waals surface area contributed by atoms with Gasteiger partial charge in [0, 0.05) is 15.7 Å². The topological polar surface area (TPSA) is 12.0 Å². The highest BCUT2D eigenvalue weighted by Gasteiger charge is 2.08. The molecule has 0 aliphatic carbocycles. The van der Waals surface area contributed by atoms with Gasteiger partial charge < -0.3 is 5.32 Å². The van der Waals surface area contributed by atoms with Crippen molar-refractivity contribution in [1.29, 1.82) is 0 Å². The number of benzene rings is 1. The zero-order valence-corrected chi connectivity index (χ0v) is 10.5. The second-order valence-corrected chi connectivity index (χ2v) is 4.80.